The fourth-order valence-electron chi connectivity index (χ4n) is 1.81. The second-order valence-electron chi connectivity index (χ2n) is 4.36. The molecule has 0 aliphatic heterocycles. The van der Waals surface area contributed by atoms with Gasteiger partial charge in [0.1, 0.15) is 5.82 Å². The van der Waals surface area contributed by atoms with E-state index in [1.54, 1.807) is 31.2 Å². The second kappa shape index (κ2) is 4.61. The van der Waals surface area contributed by atoms with Gasteiger partial charge in [0.15, 0.2) is 5.78 Å². The first-order valence-corrected chi connectivity index (χ1v) is 5.66. The SMILES string of the molecule is Cc1cc(C(=O)c2cc(F)ccc2C)ccc1N. The number of nitrogen functional groups attached to an aromatic ring is 1. The second-order valence-corrected chi connectivity index (χ2v) is 4.36. The molecule has 0 fully saturated rings. The van der Waals surface area contributed by atoms with E-state index in [0.717, 1.165) is 11.1 Å². The number of ketones is 1. The standard InChI is InChI=1S/C15H14FNO/c1-9-3-5-12(16)8-13(9)15(18)11-4-6-14(17)10(2)7-11/h3-8H,17H2,1-2H3. The van der Waals surface area contributed by atoms with Crippen LogP contribution in [0, 0.1) is 19.7 Å². The third-order valence-electron chi connectivity index (χ3n) is 2.98. The average molecular weight is 243 g/mol. The van der Waals surface area contributed by atoms with Gasteiger partial charge in [-0.2, -0.15) is 0 Å². The van der Waals surface area contributed by atoms with Crippen molar-refractivity contribution in [2.45, 2.75) is 13.8 Å². The number of rotatable bonds is 2. The number of carbonyl (C=O) groups is 1. The Morgan fingerprint density at radius 1 is 1.06 bits per heavy atom. The molecule has 92 valence electrons. The monoisotopic (exact) mass is 243 g/mol. The van der Waals surface area contributed by atoms with E-state index in [-0.39, 0.29) is 5.78 Å². The number of hydrogen-bond donors (Lipinski definition) is 1. The first-order valence-electron chi connectivity index (χ1n) is 5.66. The molecular formula is C15H14FNO. The van der Waals surface area contributed by atoms with Crippen molar-refractivity contribution in [1.82, 2.24) is 0 Å². The number of benzene rings is 2. The number of anilines is 1. The van der Waals surface area contributed by atoms with Crippen LogP contribution in [0.2, 0.25) is 0 Å². The molecule has 0 atom stereocenters. The van der Waals surface area contributed by atoms with Gasteiger partial charge in [0.05, 0.1) is 0 Å². The van der Waals surface area contributed by atoms with Crippen molar-refractivity contribution in [1.29, 1.82) is 0 Å². The summed E-state index contributed by atoms with van der Waals surface area (Å²) in [5.74, 6) is -0.591. The Hall–Kier alpha value is -2.16. The predicted molar refractivity (Wildman–Crippen MR) is 70.2 cm³/mol. The summed E-state index contributed by atoms with van der Waals surface area (Å²) in [5.41, 5.74) is 8.87. The van der Waals surface area contributed by atoms with Gasteiger partial charge in [-0.1, -0.05) is 6.07 Å². The molecule has 2 N–H and O–H groups in total. The van der Waals surface area contributed by atoms with Gasteiger partial charge >= 0.3 is 0 Å². The molecule has 0 aliphatic rings. The maximum Gasteiger partial charge on any atom is 0.193 e. The van der Waals surface area contributed by atoms with Crippen molar-refractivity contribution in [3.05, 3.63) is 64.5 Å². The molecule has 3 heteroatoms. The number of nitrogens with two attached hydrogens (primary N) is 1. The minimum Gasteiger partial charge on any atom is -0.399 e. The quantitative estimate of drug-likeness (QED) is 0.650. The van der Waals surface area contributed by atoms with Crippen molar-refractivity contribution in [3.8, 4) is 0 Å². The lowest BCUT2D eigenvalue weighted by molar-refractivity contribution is 0.103. The molecule has 0 aliphatic carbocycles. The fourth-order valence-corrected chi connectivity index (χ4v) is 1.81. The summed E-state index contributed by atoms with van der Waals surface area (Å²) in [4.78, 5) is 12.3. The van der Waals surface area contributed by atoms with Crippen molar-refractivity contribution >= 4 is 11.5 Å². The predicted octanol–water partition coefficient (Wildman–Crippen LogP) is 3.26. The van der Waals surface area contributed by atoms with E-state index in [0.29, 0.717) is 16.8 Å². The molecule has 2 rings (SSSR count). The number of halogens is 1. The van der Waals surface area contributed by atoms with Crippen LogP contribution in [0.25, 0.3) is 0 Å². The third kappa shape index (κ3) is 2.25. The summed E-state index contributed by atoms with van der Waals surface area (Å²) in [6.07, 6.45) is 0. The van der Waals surface area contributed by atoms with Gasteiger partial charge in [-0.05, 0) is 55.3 Å². The van der Waals surface area contributed by atoms with Crippen LogP contribution in [0.5, 0.6) is 0 Å². The normalized spacial score (nSPS) is 10.4. The van der Waals surface area contributed by atoms with Crippen LogP contribution in [0.3, 0.4) is 0 Å². The number of hydrogen-bond acceptors (Lipinski definition) is 2. The molecule has 0 spiro atoms. The van der Waals surface area contributed by atoms with E-state index >= 15 is 0 Å². The molecule has 0 aromatic heterocycles. The minimum absolute atomic E-state index is 0.185. The first kappa shape index (κ1) is 12.3. The number of aryl methyl sites for hydroxylation is 2. The highest BCUT2D eigenvalue weighted by Gasteiger charge is 2.13. The first-order chi connectivity index (χ1) is 8.49. The number of carbonyl (C=O) groups excluding carboxylic acids is 1. The largest absolute Gasteiger partial charge is 0.399 e. The highest BCUT2D eigenvalue weighted by atomic mass is 19.1. The van der Waals surface area contributed by atoms with E-state index in [2.05, 4.69) is 0 Å². The molecule has 2 aromatic rings. The molecule has 2 aromatic carbocycles. The maximum atomic E-state index is 13.2. The van der Waals surface area contributed by atoms with Crippen LogP contribution in [-0.2, 0) is 0 Å². The fraction of sp³-hybridized carbons (Fsp3) is 0.133. The Balaban J connectivity index is 2.47. The van der Waals surface area contributed by atoms with E-state index in [9.17, 15) is 9.18 Å². The Morgan fingerprint density at radius 3 is 2.44 bits per heavy atom. The average Bonchev–Trinajstić information content (AvgIpc) is 2.35. The van der Waals surface area contributed by atoms with Gasteiger partial charge in [0, 0.05) is 16.8 Å². The van der Waals surface area contributed by atoms with Crippen LogP contribution in [0.1, 0.15) is 27.0 Å². The van der Waals surface area contributed by atoms with Crippen molar-refractivity contribution < 1.29 is 9.18 Å². The molecule has 0 bridgehead atoms. The zero-order valence-electron chi connectivity index (χ0n) is 10.3. The van der Waals surface area contributed by atoms with Gasteiger partial charge in [-0.3, -0.25) is 4.79 Å². The molecule has 0 saturated carbocycles. The Labute approximate surface area is 105 Å². The summed E-state index contributed by atoms with van der Waals surface area (Å²) in [5, 5.41) is 0. The molecule has 0 amide bonds. The topological polar surface area (TPSA) is 43.1 Å². The highest BCUT2D eigenvalue weighted by molar-refractivity contribution is 6.10. The Morgan fingerprint density at radius 2 is 1.78 bits per heavy atom. The van der Waals surface area contributed by atoms with Gasteiger partial charge < -0.3 is 5.73 Å². The van der Waals surface area contributed by atoms with Crippen LogP contribution in [0.15, 0.2) is 36.4 Å². The lowest BCUT2D eigenvalue weighted by atomic mass is 9.97. The summed E-state index contributed by atoms with van der Waals surface area (Å²) < 4.78 is 13.2. The van der Waals surface area contributed by atoms with Crippen molar-refractivity contribution in [2.24, 2.45) is 0 Å². The van der Waals surface area contributed by atoms with Crippen LogP contribution < -0.4 is 5.73 Å². The molecule has 0 radical (unpaired) electrons. The van der Waals surface area contributed by atoms with E-state index in [1.807, 2.05) is 6.92 Å². The molecular weight excluding hydrogens is 229 g/mol. The van der Waals surface area contributed by atoms with Crippen LogP contribution >= 0.6 is 0 Å². The van der Waals surface area contributed by atoms with E-state index in [4.69, 9.17) is 5.73 Å². The zero-order valence-corrected chi connectivity index (χ0v) is 10.3. The Kier molecular flexibility index (Phi) is 3.15. The van der Waals surface area contributed by atoms with Gasteiger partial charge in [0.25, 0.3) is 0 Å². The van der Waals surface area contributed by atoms with E-state index in [1.165, 1.54) is 12.1 Å². The van der Waals surface area contributed by atoms with E-state index < -0.39 is 5.82 Å². The minimum atomic E-state index is -0.406. The molecule has 2 nitrogen and oxygen atoms in total. The van der Waals surface area contributed by atoms with Crippen molar-refractivity contribution in [2.75, 3.05) is 5.73 Å². The van der Waals surface area contributed by atoms with Crippen LogP contribution in [0.4, 0.5) is 10.1 Å². The lowest BCUT2D eigenvalue weighted by Crippen LogP contribution is -2.05. The summed E-state index contributed by atoms with van der Waals surface area (Å²) >= 11 is 0. The molecule has 0 heterocycles. The van der Waals surface area contributed by atoms with Gasteiger partial charge in [-0.15, -0.1) is 0 Å². The van der Waals surface area contributed by atoms with Crippen LogP contribution in [-0.4, -0.2) is 5.78 Å². The lowest BCUT2D eigenvalue weighted by Gasteiger charge is -2.07. The Bertz CT molecular complexity index is 620. The molecule has 18 heavy (non-hydrogen) atoms. The summed E-state index contributed by atoms with van der Waals surface area (Å²) in [6, 6.07) is 9.30. The molecule has 0 unspecified atom stereocenters. The third-order valence-corrected chi connectivity index (χ3v) is 2.98. The smallest absolute Gasteiger partial charge is 0.193 e. The summed E-state index contributed by atoms with van der Waals surface area (Å²) in [7, 11) is 0. The zero-order chi connectivity index (χ0) is 13.3. The van der Waals surface area contributed by atoms with Gasteiger partial charge in [-0.25, -0.2) is 4.39 Å². The van der Waals surface area contributed by atoms with Gasteiger partial charge in [0.2, 0.25) is 0 Å². The summed E-state index contributed by atoms with van der Waals surface area (Å²) in [6.45, 7) is 3.63. The highest BCUT2D eigenvalue weighted by Crippen LogP contribution is 2.19. The van der Waals surface area contributed by atoms with Crippen molar-refractivity contribution in [3.63, 3.8) is 0 Å². The maximum absolute atomic E-state index is 13.2. The molecule has 0 saturated heterocycles.